The minimum Gasteiger partial charge on any atom is -0.353 e. The first-order valence-corrected chi connectivity index (χ1v) is 10.7. The van der Waals surface area contributed by atoms with E-state index in [1.807, 2.05) is 63.2 Å². The lowest BCUT2D eigenvalue weighted by Gasteiger charge is -2.18. The van der Waals surface area contributed by atoms with E-state index in [1.165, 1.54) is 11.8 Å². The summed E-state index contributed by atoms with van der Waals surface area (Å²) in [6.45, 7) is 5.85. The Hall–Kier alpha value is -2.79. The zero-order chi connectivity index (χ0) is 20.8. The minimum absolute atomic E-state index is 0.0377. The summed E-state index contributed by atoms with van der Waals surface area (Å²) in [5.74, 6) is 0.101. The van der Waals surface area contributed by atoms with E-state index < -0.39 is 0 Å². The molecule has 3 aromatic rings. The van der Waals surface area contributed by atoms with E-state index in [4.69, 9.17) is 0 Å². The summed E-state index contributed by atoms with van der Waals surface area (Å²) in [5, 5.41) is 8.27. The van der Waals surface area contributed by atoms with Gasteiger partial charge in [-0.25, -0.2) is 0 Å². The maximum Gasteiger partial charge on any atom is 0.252 e. The van der Waals surface area contributed by atoms with Crippen LogP contribution in [0.4, 0.5) is 0 Å². The van der Waals surface area contributed by atoms with E-state index in [1.54, 1.807) is 6.07 Å². The van der Waals surface area contributed by atoms with E-state index >= 15 is 0 Å². The third kappa shape index (κ3) is 5.39. The molecule has 0 aromatic heterocycles. The predicted octanol–water partition coefficient (Wildman–Crippen LogP) is 4.95. The Balaban J connectivity index is 1.74. The van der Waals surface area contributed by atoms with Crippen LogP contribution in [-0.2, 0) is 4.79 Å². The Labute approximate surface area is 176 Å². The van der Waals surface area contributed by atoms with Crippen molar-refractivity contribution in [1.82, 2.24) is 10.6 Å². The molecule has 0 heterocycles. The minimum atomic E-state index is -0.143. The first-order chi connectivity index (χ1) is 14.0. The zero-order valence-corrected chi connectivity index (χ0v) is 17.8. The highest BCUT2D eigenvalue weighted by molar-refractivity contribution is 8.00. The number of hydrogen-bond acceptors (Lipinski definition) is 3. The molecule has 4 nitrogen and oxygen atoms in total. The molecule has 0 fully saturated rings. The molecule has 0 spiro atoms. The summed E-state index contributed by atoms with van der Waals surface area (Å²) in [6, 6.07) is 21.7. The molecule has 29 heavy (non-hydrogen) atoms. The quantitative estimate of drug-likeness (QED) is 0.546. The molecule has 0 saturated carbocycles. The first-order valence-electron chi connectivity index (χ1n) is 9.75. The molecule has 1 unspecified atom stereocenters. The van der Waals surface area contributed by atoms with E-state index in [0.29, 0.717) is 5.56 Å². The van der Waals surface area contributed by atoms with Gasteiger partial charge in [0.1, 0.15) is 0 Å². The number of amides is 2. The van der Waals surface area contributed by atoms with Gasteiger partial charge in [0.25, 0.3) is 5.91 Å². The Bertz CT molecular complexity index is 1010. The van der Waals surface area contributed by atoms with Gasteiger partial charge in [0.15, 0.2) is 0 Å². The van der Waals surface area contributed by atoms with Gasteiger partial charge in [-0.05, 0) is 49.2 Å². The SMILES string of the molecule is CC(C)NC(=O)CSc1ccccc1C(=O)NC(C)c1cccc2ccccc12. The van der Waals surface area contributed by atoms with E-state index in [2.05, 4.69) is 28.8 Å². The van der Waals surface area contributed by atoms with Crippen LogP contribution in [-0.4, -0.2) is 23.6 Å². The Morgan fingerprint density at radius 2 is 1.55 bits per heavy atom. The van der Waals surface area contributed by atoms with Crippen LogP contribution in [0.25, 0.3) is 10.8 Å². The number of nitrogens with one attached hydrogen (secondary N) is 2. The van der Waals surface area contributed by atoms with Crippen molar-refractivity contribution < 1.29 is 9.59 Å². The molecule has 2 amide bonds. The second-order valence-corrected chi connectivity index (χ2v) is 8.29. The molecule has 0 aliphatic carbocycles. The van der Waals surface area contributed by atoms with Crippen molar-refractivity contribution in [1.29, 1.82) is 0 Å². The Morgan fingerprint density at radius 3 is 2.34 bits per heavy atom. The number of carbonyl (C=O) groups excluding carboxylic acids is 2. The van der Waals surface area contributed by atoms with Crippen LogP contribution in [0, 0.1) is 0 Å². The topological polar surface area (TPSA) is 58.2 Å². The molecule has 150 valence electrons. The van der Waals surface area contributed by atoms with E-state index in [-0.39, 0.29) is 29.7 Å². The molecule has 0 aliphatic rings. The van der Waals surface area contributed by atoms with Gasteiger partial charge in [0, 0.05) is 10.9 Å². The molecule has 1 atom stereocenters. The Kier molecular flexibility index (Phi) is 6.94. The summed E-state index contributed by atoms with van der Waals surface area (Å²) in [7, 11) is 0. The van der Waals surface area contributed by atoms with Crippen LogP contribution in [0.2, 0.25) is 0 Å². The van der Waals surface area contributed by atoms with Gasteiger partial charge in [0.05, 0.1) is 17.4 Å². The zero-order valence-electron chi connectivity index (χ0n) is 16.9. The summed E-state index contributed by atoms with van der Waals surface area (Å²) < 4.78 is 0. The van der Waals surface area contributed by atoms with Crippen LogP contribution >= 0.6 is 11.8 Å². The number of benzene rings is 3. The van der Waals surface area contributed by atoms with Crippen molar-refractivity contribution in [3.8, 4) is 0 Å². The van der Waals surface area contributed by atoms with Gasteiger partial charge in [-0.2, -0.15) is 0 Å². The third-order valence-corrected chi connectivity index (χ3v) is 5.65. The fraction of sp³-hybridized carbons (Fsp3) is 0.250. The monoisotopic (exact) mass is 406 g/mol. The fourth-order valence-corrected chi connectivity index (χ4v) is 4.13. The fourth-order valence-electron chi connectivity index (χ4n) is 3.27. The lowest BCUT2D eigenvalue weighted by atomic mass is 9.99. The van der Waals surface area contributed by atoms with Crippen molar-refractivity contribution in [3.05, 3.63) is 77.9 Å². The number of rotatable bonds is 7. The smallest absolute Gasteiger partial charge is 0.252 e. The predicted molar refractivity (Wildman–Crippen MR) is 120 cm³/mol. The van der Waals surface area contributed by atoms with Crippen molar-refractivity contribution in [2.24, 2.45) is 0 Å². The first kappa shape index (κ1) is 20.9. The maximum absolute atomic E-state index is 13.0. The Morgan fingerprint density at radius 1 is 0.862 bits per heavy atom. The molecule has 0 saturated heterocycles. The molecule has 0 aliphatic heterocycles. The second kappa shape index (κ2) is 9.61. The standard InChI is InChI=1S/C24H26N2O2S/c1-16(2)25-23(27)15-29-22-14-7-6-12-21(22)24(28)26-17(3)19-13-8-10-18-9-4-5-11-20(18)19/h4-14,16-17H,15H2,1-3H3,(H,25,27)(H,26,28). The summed E-state index contributed by atoms with van der Waals surface area (Å²) in [6.07, 6.45) is 0. The van der Waals surface area contributed by atoms with Gasteiger partial charge >= 0.3 is 0 Å². The van der Waals surface area contributed by atoms with Crippen LogP contribution in [0.3, 0.4) is 0 Å². The van der Waals surface area contributed by atoms with Gasteiger partial charge < -0.3 is 10.6 Å². The number of carbonyl (C=O) groups is 2. The molecule has 5 heteroatoms. The molecular formula is C24H26N2O2S. The average Bonchev–Trinajstić information content (AvgIpc) is 2.71. The van der Waals surface area contributed by atoms with Crippen molar-refractivity contribution in [3.63, 3.8) is 0 Å². The van der Waals surface area contributed by atoms with Crippen LogP contribution in [0.1, 0.15) is 42.7 Å². The maximum atomic E-state index is 13.0. The highest BCUT2D eigenvalue weighted by atomic mass is 32.2. The van der Waals surface area contributed by atoms with Gasteiger partial charge in [-0.3, -0.25) is 9.59 Å². The molecule has 0 bridgehead atoms. The lowest BCUT2D eigenvalue weighted by molar-refractivity contribution is -0.119. The summed E-state index contributed by atoms with van der Waals surface area (Å²) >= 11 is 1.38. The molecule has 2 N–H and O–H groups in total. The van der Waals surface area contributed by atoms with E-state index in [0.717, 1.165) is 21.2 Å². The molecule has 3 rings (SSSR count). The van der Waals surface area contributed by atoms with Crippen LogP contribution < -0.4 is 10.6 Å². The number of thioether (sulfide) groups is 1. The normalized spacial score (nSPS) is 12.0. The van der Waals surface area contributed by atoms with E-state index in [9.17, 15) is 9.59 Å². The molecule has 0 radical (unpaired) electrons. The van der Waals surface area contributed by atoms with Crippen molar-refractivity contribution >= 4 is 34.3 Å². The number of hydrogen-bond donors (Lipinski definition) is 2. The van der Waals surface area contributed by atoms with Crippen molar-refractivity contribution in [2.75, 3.05) is 5.75 Å². The molecule has 3 aromatic carbocycles. The van der Waals surface area contributed by atoms with Gasteiger partial charge in [-0.15, -0.1) is 11.8 Å². The third-order valence-electron chi connectivity index (χ3n) is 4.58. The molecular weight excluding hydrogens is 380 g/mol. The van der Waals surface area contributed by atoms with Crippen LogP contribution in [0.5, 0.6) is 0 Å². The highest BCUT2D eigenvalue weighted by Crippen LogP contribution is 2.26. The second-order valence-electron chi connectivity index (χ2n) is 7.27. The van der Waals surface area contributed by atoms with Crippen LogP contribution in [0.15, 0.2) is 71.6 Å². The number of fused-ring (bicyclic) bond motifs is 1. The average molecular weight is 407 g/mol. The summed E-state index contributed by atoms with van der Waals surface area (Å²) in [4.78, 5) is 25.7. The van der Waals surface area contributed by atoms with Gasteiger partial charge in [-0.1, -0.05) is 54.6 Å². The van der Waals surface area contributed by atoms with Gasteiger partial charge in [0.2, 0.25) is 5.91 Å². The largest absolute Gasteiger partial charge is 0.353 e. The van der Waals surface area contributed by atoms with Crippen molar-refractivity contribution in [2.45, 2.75) is 37.8 Å². The summed E-state index contributed by atoms with van der Waals surface area (Å²) in [5.41, 5.74) is 1.67. The lowest BCUT2D eigenvalue weighted by Crippen LogP contribution is -2.31. The highest BCUT2D eigenvalue weighted by Gasteiger charge is 2.17.